The van der Waals surface area contributed by atoms with Crippen molar-refractivity contribution in [3.05, 3.63) is 29.8 Å². The highest BCUT2D eigenvalue weighted by molar-refractivity contribution is 8.14. The van der Waals surface area contributed by atoms with Crippen LogP contribution in [0, 0.1) is 0 Å². The zero-order valence-corrected chi connectivity index (χ0v) is 16.9. The molecule has 0 radical (unpaired) electrons. The molecule has 1 aromatic carbocycles. The summed E-state index contributed by atoms with van der Waals surface area (Å²) in [5, 5.41) is 21.2. The molecule has 2 N–H and O–H groups in total. The largest absolute Gasteiger partial charge is 0.497 e. The number of hydrogen-bond donors (Lipinski definition) is 2. The van der Waals surface area contributed by atoms with Crippen LogP contribution in [0.4, 0.5) is 13.2 Å². The normalized spacial score (nSPS) is 30.5. The van der Waals surface area contributed by atoms with E-state index in [0.29, 0.717) is 16.5 Å². The minimum atomic E-state index is -4.81. The van der Waals surface area contributed by atoms with E-state index in [2.05, 4.69) is 4.99 Å². The van der Waals surface area contributed by atoms with Crippen LogP contribution in [0.2, 0.25) is 0 Å². The highest BCUT2D eigenvalue weighted by Gasteiger charge is 2.57. The van der Waals surface area contributed by atoms with E-state index in [1.54, 1.807) is 43.3 Å². The number of thioether (sulfide) groups is 1. The number of aliphatic hydroxyl groups is 2. The molecule has 6 atom stereocenters. The van der Waals surface area contributed by atoms with Crippen LogP contribution in [-0.4, -0.2) is 83.6 Å². The lowest BCUT2D eigenvalue weighted by molar-refractivity contribution is -0.286. The number of alkyl halides is 3. The summed E-state index contributed by atoms with van der Waals surface area (Å²) in [6, 6.07) is 5.60. The molecule has 7 nitrogen and oxygen atoms in total. The highest BCUT2D eigenvalue weighted by atomic mass is 32.2. The average Bonchev–Trinajstić information content (AvgIpc) is 3.09. The number of hydrogen-bond acceptors (Lipinski definition) is 8. The van der Waals surface area contributed by atoms with Gasteiger partial charge in [-0.05, 0) is 17.7 Å². The fraction of sp³-hybridized carbons (Fsp3) is 0.611. The number of nitrogens with zero attached hydrogens (tertiary/aromatic N) is 2. The van der Waals surface area contributed by atoms with Gasteiger partial charge in [0, 0.05) is 14.1 Å². The van der Waals surface area contributed by atoms with Gasteiger partial charge in [-0.25, -0.2) is 0 Å². The first-order chi connectivity index (χ1) is 13.6. The zero-order chi connectivity index (χ0) is 21.3. The molecule has 11 heteroatoms. The van der Waals surface area contributed by atoms with Crippen molar-refractivity contribution in [3.8, 4) is 5.75 Å². The van der Waals surface area contributed by atoms with Crippen LogP contribution in [0.1, 0.15) is 5.56 Å². The second kappa shape index (κ2) is 8.68. The first-order valence-electron chi connectivity index (χ1n) is 8.86. The SMILES string of the molecule is COc1cccc(CO[C@H]([C@H]2O[C@@H]3SC(N(C)C)=N[C@@H]3[C@@H](O)[C@@H]2O)C(F)(F)F)c1. The molecule has 2 aliphatic rings. The fourth-order valence-corrected chi connectivity index (χ4v) is 4.31. The molecule has 29 heavy (non-hydrogen) atoms. The van der Waals surface area contributed by atoms with Crippen molar-refractivity contribution >= 4 is 16.9 Å². The lowest BCUT2D eigenvalue weighted by Gasteiger charge is -2.41. The molecule has 162 valence electrons. The number of amidine groups is 1. The Morgan fingerprint density at radius 1 is 1.28 bits per heavy atom. The molecule has 0 amide bonds. The molecule has 0 aliphatic carbocycles. The van der Waals surface area contributed by atoms with Crippen molar-refractivity contribution in [2.75, 3.05) is 21.2 Å². The lowest BCUT2D eigenvalue weighted by atomic mass is 9.94. The Morgan fingerprint density at radius 2 is 2.00 bits per heavy atom. The maximum absolute atomic E-state index is 13.7. The van der Waals surface area contributed by atoms with Gasteiger partial charge in [-0.15, -0.1) is 0 Å². The second-order valence-corrected chi connectivity index (χ2v) is 8.06. The van der Waals surface area contributed by atoms with Gasteiger partial charge in [0.25, 0.3) is 0 Å². The van der Waals surface area contributed by atoms with Gasteiger partial charge >= 0.3 is 6.18 Å². The molecule has 3 rings (SSSR count). The zero-order valence-electron chi connectivity index (χ0n) is 16.0. The fourth-order valence-electron chi connectivity index (χ4n) is 3.16. The summed E-state index contributed by atoms with van der Waals surface area (Å²) in [5.74, 6) is 0.484. The number of fused-ring (bicyclic) bond motifs is 1. The van der Waals surface area contributed by atoms with E-state index in [-0.39, 0.29) is 6.61 Å². The second-order valence-electron chi connectivity index (χ2n) is 6.99. The van der Waals surface area contributed by atoms with E-state index in [4.69, 9.17) is 14.2 Å². The standard InChI is InChI=1S/C18H23F3N2O5S/c1-23(2)17-22-11-12(24)13(25)14(28-16(11)29-17)15(18(19,20)21)27-8-9-5-4-6-10(7-9)26-3/h4-7,11-16,24-25H,8H2,1-3H3/t11-,12-,13+,14+,15-,16-/m1/s1. The topological polar surface area (TPSA) is 83.8 Å². The third-order valence-electron chi connectivity index (χ3n) is 4.65. The van der Waals surface area contributed by atoms with Crippen molar-refractivity contribution in [1.29, 1.82) is 0 Å². The van der Waals surface area contributed by atoms with E-state index in [9.17, 15) is 23.4 Å². The number of aliphatic hydroxyl groups excluding tert-OH is 2. The van der Waals surface area contributed by atoms with E-state index >= 15 is 0 Å². The van der Waals surface area contributed by atoms with Gasteiger partial charge in [-0.1, -0.05) is 23.9 Å². The van der Waals surface area contributed by atoms with Gasteiger partial charge in [0.15, 0.2) is 11.3 Å². The minimum Gasteiger partial charge on any atom is -0.497 e. The van der Waals surface area contributed by atoms with Crippen LogP contribution in [-0.2, 0) is 16.1 Å². The molecule has 2 aliphatic heterocycles. The smallest absolute Gasteiger partial charge is 0.417 e. The van der Waals surface area contributed by atoms with Gasteiger partial charge in [0.1, 0.15) is 35.5 Å². The molecule has 0 saturated carbocycles. The van der Waals surface area contributed by atoms with Crippen molar-refractivity contribution < 1.29 is 37.6 Å². The van der Waals surface area contributed by atoms with E-state index < -0.39 is 42.1 Å². The quantitative estimate of drug-likeness (QED) is 0.726. The van der Waals surface area contributed by atoms with Crippen molar-refractivity contribution in [3.63, 3.8) is 0 Å². The van der Waals surface area contributed by atoms with Gasteiger partial charge in [0.2, 0.25) is 0 Å². The summed E-state index contributed by atoms with van der Waals surface area (Å²) < 4.78 is 56.9. The number of benzene rings is 1. The molecule has 0 spiro atoms. The van der Waals surface area contributed by atoms with Crippen LogP contribution < -0.4 is 4.74 Å². The van der Waals surface area contributed by atoms with Crippen molar-refractivity contribution in [2.24, 2.45) is 4.99 Å². The Labute approximate surface area is 170 Å². The van der Waals surface area contributed by atoms with Crippen LogP contribution in [0.15, 0.2) is 29.3 Å². The van der Waals surface area contributed by atoms with Gasteiger partial charge in [0.05, 0.1) is 13.7 Å². The van der Waals surface area contributed by atoms with Crippen molar-refractivity contribution in [1.82, 2.24) is 4.90 Å². The monoisotopic (exact) mass is 436 g/mol. The number of methoxy groups -OCH3 is 1. The molecule has 1 fully saturated rings. The van der Waals surface area contributed by atoms with Crippen LogP contribution >= 0.6 is 11.8 Å². The number of aliphatic imine (C=N–C) groups is 1. The van der Waals surface area contributed by atoms with Crippen LogP contribution in [0.5, 0.6) is 5.75 Å². The lowest BCUT2D eigenvalue weighted by Crippen LogP contribution is -2.61. The summed E-state index contributed by atoms with van der Waals surface area (Å²) >= 11 is 1.10. The molecule has 1 aromatic rings. The van der Waals surface area contributed by atoms with Crippen LogP contribution in [0.25, 0.3) is 0 Å². The highest BCUT2D eigenvalue weighted by Crippen LogP contribution is 2.41. The maximum atomic E-state index is 13.7. The Hall–Kier alpha value is -1.53. The molecule has 1 saturated heterocycles. The Morgan fingerprint density at radius 3 is 2.62 bits per heavy atom. The molecule has 2 heterocycles. The van der Waals surface area contributed by atoms with Crippen molar-refractivity contribution in [2.45, 2.75) is 48.7 Å². The maximum Gasteiger partial charge on any atom is 0.417 e. The van der Waals surface area contributed by atoms with Gasteiger partial charge in [-0.2, -0.15) is 13.2 Å². The van der Waals surface area contributed by atoms with E-state index in [1.807, 2.05) is 0 Å². The Bertz CT molecular complexity index is 748. The van der Waals surface area contributed by atoms with Gasteiger partial charge in [-0.3, -0.25) is 4.99 Å². The third kappa shape index (κ3) is 4.80. The third-order valence-corrected chi connectivity index (χ3v) is 5.96. The molecular formula is C18H23F3N2O5S. The summed E-state index contributed by atoms with van der Waals surface area (Å²) in [7, 11) is 4.89. The van der Waals surface area contributed by atoms with E-state index in [0.717, 1.165) is 11.8 Å². The average molecular weight is 436 g/mol. The number of ether oxygens (including phenoxy) is 3. The molecule has 0 aromatic heterocycles. The Balaban J connectivity index is 1.77. The number of rotatable bonds is 5. The van der Waals surface area contributed by atoms with Crippen LogP contribution in [0.3, 0.4) is 0 Å². The van der Waals surface area contributed by atoms with Gasteiger partial charge < -0.3 is 29.3 Å². The minimum absolute atomic E-state index is 0.370. The predicted octanol–water partition coefficient (Wildman–Crippen LogP) is 1.62. The first-order valence-corrected chi connectivity index (χ1v) is 9.74. The molecule has 0 bridgehead atoms. The summed E-state index contributed by atoms with van der Waals surface area (Å²) in [4.78, 5) is 5.91. The summed E-state index contributed by atoms with van der Waals surface area (Å²) in [6.07, 6.45) is -12.3. The predicted molar refractivity (Wildman–Crippen MR) is 101 cm³/mol. The number of halogens is 3. The molecule has 0 unspecified atom stereocenters. The molecular weight excluding hydrogens is 413 g/mol. The summed E-state index contributed by atoms with van der Waals surface area (Å²) in [6.45, 7) is -0.370. The summed E-state index contributed by atoms with van der Waals surface area (Å²) in [5.41, 5.74) is -0.378. The van der Waals surface area contributed by atoms with E-state index in [1.165, 1.54) is 7.11 Å². The Kier molecular flexibility index (Phi) is 6.64. The first kappa shape index (κ1) is 22.2.